The van der Waals surface area contributed by atoms with E-state index in [1.165, 1.54) is 0 Å². The molecule has 2 aromatic carbocycles. The summed E-state index contributed by atoms with van der Waals surface area (Å²) in [5, 5.41) is 25.5. The van der Waals surface area contributed by atoms with Crippen molar-refractivity contribution in [3.05, 3.63) is 65.7 Å². The minimum atomic E-state index is -1.06. The third-order valence-corrected chi connectivity index (χ3v) is 6.09. The number of aliphatic carboxylic acids is 3. The zero-order chi connectivity index (χ0) is 35.1. The molecule has 0 heterocycles. The molecule has 0 spiro atoms. The lowest BCUT2D eigenvalue weighted by Crippen LogP contribution is -2.36. The molecule has 2 aromatic rings. The van der Waals surface area contributed by atoms with Crippen LogP contribution in [0.15, 0.2) is 59.6 Å². The van der Waals surface area contributed by atoms with Gasteiger partial charge in [0.1, 0.15) is 29.9 Å². The van der Waals surface area contributed by atoms with Gasteiger partial charge in [0.05, 0.1) is 0 Å². The molecule has 0 radical (unpaired) electrons. The van der Waals surface area contributed by atoms with Crippen LogP contribution in [0.5, 0.6) is 5.75 Å². The number of benzene rings is 2. The lowest BCUT2D eigenvalue weighted by Gasteiger charge is -2.12. The molecule has 0 aliphatic rings. The Morgan fingerprint density at radius 3 is 1.61 bits per heavy atom. The van der Waals surface area contributed by atoms with E-state index in [4.69, 9.17) is 60.2 Å². The van der Waals surface area contributed by atoms with Gasteiger partial charge in [-0.2, -0.15) is 0 Å². The van der Waals surface area contributed by atoms with E-state index in [2.05, 4.69) is 4.99 Å². The molecule has 16 nitrogen and oxygen atoms in total. The fourth-order valence-electron chi connectivity index (χ4n) is 3.45. The van der Waals surface area contributed by atoms with Crippen LogP contribution in [-0.4, -0.2) is 82.4 Å². The van der Waals surface area contributed by atoms with Crippen molar-refractivity contribution in [1.29, 1.82) is 0 Å². The maximum atomic E-state index is 12.0. The van der Waals surface area contributed by atoms with E-state index in [1.807, 2.05) is 30.3 Å². The molecule has 0 aromatic heterocycles. The first kappa shape index (κ1) is 41.4. The number of aliphatic imine (C=N–C) groups is 1. The van der Waals surface area contributed by atoms with Crippen molar-refractivity contribution < 1.29 is 39.2 Å². The zero-order valence-corrected chi connectivity index (χ0v) is 25.7. The van der Waals surface area contributed by atoms with Crippen LogP contribution in [0, 0.1) is 0 Å². The number of carboxylic acids is 3. The van der Waals surface area contributed by atoms with Gasteiger partial charge in [0.2, 0.25) is 0 Å². The number of nitrogens with zero attached hydrogens (tertiary/aromatic N) is 1. The largest absolute Gasteiger partial charge is 0.480 e. The number of rotatable bonds is 17. The normalized spacial score (nSPS) is 12.8. The average molecular weight is 649 g/mol. The van der Waals surface area contributed by atoms with E-state index >= 15 is 0 Å². The van der Waals surface area contributed by atoms with Crippen LogP contribution in [0.3, 0.4) is 0 Å². The quantitative estimate of drug-likeness (QED) is 0.0326. The Hall–Kier alpha value is -4.61. The maximum absolute atomic E-state index is 12.0. The first-order valence-corrected chi connectivity index (χ1v) is 14.5. The smallest absolute Gasteiger partial charge is 0.328 e. The second kappa shape index (κ2) is 23.7. The molecule has 0 bridgehead atoms. The number of ether oxygens (including phenoxy) is 1. The number of esters is 1. The maximum Gasteiger partial charge on any atom is 0.328 e. The summed E-state index contributed by atoms with van der Waals surface area (Å²) in [6.07, 6.45) is 3.72. The van der Waals surface area contributed by atoms with Crippen molar-refractivity contribution in [3.63, 3.8) is 0 Å². The van der Waals surface area contributed by atoms with Gasteiger partial charge in [0.15, 0.2) is 5.96 Å². The Morgan fingerprint density at radius 2 is 1.13 bits per heavy atom. The number of nitrogens with two attached hydrogens (primary N) is 7. The van der Waals surface area contributed by atoms with Crippen molar-refractivity contribution >= 4 is 29.8 Å². The van der Waals surface area contributed by atoms with Gasteiger partial charge in [0.25, 0.3) is 0 Å². The fourth-order valence-corrected chi connectivity index (χ4v) is 3.45. The van der Waals surface area contributed by atoms with E-state index in [0.29, 0.717) is 44.5 Å². The minimum Gasteiger partial charge on any atom is -0.480 e. The highest BCUT2D eigenvalue weighted by Gasteiger charge is 2.17. The van der Waals surface area contributed by atoms with E-state index in [-0.39, 0.29) is 12.4 Å². The van der Waals surface area contributed by atoms with Crippen molar-refractivity contribution in [2.24, 2.45) is 45.1 Å². The molecule has 0 saturated heterocycles. The molecular weight excluding hydrogens is 600 g/mol. The summed E-state index contributed by atoms with van der Waals surface area (Å²) in [4.78, 5) is 46.8. The number of carbonyl (C=O) groups excluding carboxylic acids is 1. The van der Waals surface area contributed by atoms with Crippen LogP contribution in [-0.2, 0) is 32.0 Å². The van der Waals surface area contributed by atoms with Crippen LogP contribution in [0.25, 0.3) is 0 Å². The van der Waals surface area contributed by atoms with Gasteiger partial charge in [-0.1, -0.05) is 48.9 Å². The van der Waals surface area contributed by atoms with Crippen molar-refractivity contribution in [2.75, 3.05) is 13.1 Å². The summed E-state index contributed by atoms with van der Waals surface area (Å²) in [5.41, 5.74) is 38.8. The van der Waals surface area contributed by atoms with E-state index in [0.717, 1.165) is 24.0 Å². The summed E-state index contributed by atoms with van der Waals surface area (Å²) < 4.78 is 5.24. The summed E-state index contributed by atoms with van der Waals surface area (Å²) >= 11 is 0. The van der Waals surface area contributed by atoms with E-state index < -0.39 is 48.0 Å². The third kappa shape index (κ3) is 20.4. The Bertz CT molecular complexity index is 1210. The van der Waals surface area contributed by atoms with Gasteiger partial charge < -0.3 is 60.2 Å². The molecule has 2 rings (SSSR count). The molecule has 0 fully saturated rings. The first-order valence-electron chi connectivity index (χ1n) is 14.5. The zero-order valence-electron chi connectivity index (χ0n) is 25.7. The topological polar surface area (TPSA) is 333 Å². The van der Waals surface area contributed by atoms with Crippen LogP contribution in [0.4, 0.5) is 0 Å². The van der Waals surface area contributed by atoms with Crippen molar-refractivity contribution in [2.45, 2.75) is 69.1 Å². The lowest BCUT2D eigenvalue weighted by molar-refractivity contribution is -0.139. The fraction of sp³-hybridized carbons (Fsp3) is 0.433. The third-order valence-electron chi connectivity index (χ3n) is 6.09. The standard InChI is InChI=1S/C18H20N2O4.C6H14N4O2.C6H14N2O2/c19-15(17(21)22)10-13-6-8-14(9-7-13)24-18(23)16(20)11-12-4-2-1-3-5-12;7-4(5(11)12)2-1-3-10-6(8)9;7-4-2-1-3-5(8)6(9)10/h1-9,15-16H,10-11,19-20H2,(H,21,22);4H,1-3,7H2,(H,11,12)(H4,8,9,10);5H,1-4,7-8H2,(H,9,10)/t15-,16-;4-;5-/m000/s1. The van der Waals surface area contributed by atoms with Gasteiger partial charge in [0, 0.05) is 6.54 Å². The van der Waals surface area contributed by atoms with Crippen LogP contribution in [0.2, 0.25) is 0 Å². The Balaban J connectivity index is 0.000000769. The monoisotopic (exact) mass is 648 g/mol. The summed E-state index contributed by atoms with van der Waals surface area (Å²) in [6.45, 7) is 1.02. The second-order valence-electron chi connectivity index (χ2n) is 10.1. The Labute approximate surface area is 267 Å². The van der Waals surface area contributed by atoms with Gasteiger partial charge in [-0.25, -0.2) is 4.79 Å². The highest BCUT2D eigenvalue weighted by atomic mass is 16.5. The molecule has 0 unspecified atom stereocenters. The molecule has 0 saturated carbocycles. The van der Waals surface area contributed by atoms with Gasteiger partial charge in [-0.3, -0.25) is 19.4 Å². The highest BCUT2D eigenvalue weighted by Crippen LogP contribution is 2.14. The van der Waals surface area contributed by atoms with Crippen molar-refractivity contribution in [1.82, 2.24) is 0 Å². The van der Waals surface area contributed by atoms with Gasteiger partial charge >= 0.3 is 23.9 Å². The lowest BCUT2D eigenvalue weighted by atomic mass is 10.1. The van der Waals surface area contributed by atoms with Gasteiger partial charge in [-0.15, -0.1) is 0 Å². The molecule has 46 heavy (non-hydrogen) atoms. The first-order chi connectivity index (χ1) is 21.7. The Morgan fingerprint density at radius 1 is 0.652 bits per heavy atom. The molecule has 17 N–H and O–H groups in total. The molecule has 0 aliphatic heterocycles. The molecule has 4 atom stereocenters. The Kier molecular flexibility index (Phi) is 21.4. The minimum absolute atomic E-state index is 0.0129. The molecule has 0 amide bonds. The SMILES string of the molecule is NC(N)=NCCC[C@H](N)C(=O)O.NCCCC[C@H](N)C(=O)O.N[C@@H](Cc1ccc(OC(=O)[C@@H](N)Cc2ccccc2)cc1)C(=O)O. The van der Waals surface area contributed by atoms with E-state index in [9.17, 15) is 19.2 Å². The molecule has 256 valence electrons. The van der Waals surface area contributed by atoms with Crippen LogP contribution in [0.1, 0.15) is 43.2 Å². The predicted octanol–water partition coefficient (Wildman–Crippen LogP) is -0.904. The number of unbranched alkanes of at least 4 members (excludes halogenated alkanes) is 1. The number of guanidine groups is 1. The number of carboxylic acid groups (broad SMARTS) is 3. The number of carbonyl (C=O) groups is 4. The molecule has 16 heteroatoms. The van der Waals surface area contributed by atoms with Crippen LogP contribution < -0.4 is 44.9 Å². The summed E-state index contributed by atoms with van der Waals surface area (Å²) in [6, 6.07) is 12.7. The average Bonchev–Trinajstić information content (AvgIpc) is 3.01. The predicted molar refractivity (Wildman–Crippen MR) is 174 cm³/mol. The van der Waals surface area contributed by atoms with Gasteiger partial charge in [-0.05, 0) is 68.3 Å². The number of hydrogen-bond acceptors (Lipinski definition) is 11. The summed E-state index contributed by atoms with van der Waals surface area (Å²) in [5.74, 6) is -3.14. The molecule has 0 aliphatic carbocycles. The van der Waals surface area contributed by atoms with E-state index in [1.54, 1.807) is 24.3 Å². The van der Waals surface area contributed by atoms with Crippen LogP contribution >= 0.6 is 0 Å². The number of hydrogen-bond donors (Lipinski definition) is 10. The summed E-state index contributed by atoms with van der Waals surface area (Å²) in [7, 11) is 0. The van der Waals surface area contributed by atoms with Crippen molar-refractivity contribution in [3.8, 4) is 5.75 Å². The molecular formula is C30H48N8O8. The highest BCUT2D eigenvalue weighted by molar-refractivity contribution is 5.78. The second-order valence-corrected chi connectivity index (χ2v) is 10.1.